The molecule has 2 aromatic rings. The number of thiazole rings is 1. The third-order valence-corrected chi connectivity index (χ3v) is 2.85. The van der Waals surface area contributed by atoms with E-state index in [-0.39, 0.29) is 5.76 Å². The molecule has 0 spiro atoms. The van der Waals surface area contributed by atoms with Gasteiger partial charge in [0.25, 0.3) is 0 Å². The highest BCUT2D eigenvalue weighted by Gasteiger charge is 2.10. The quantitative estimate of drug-likeness (QED) is 0.882. The molecular formula is C11H12N2O3S. The van der Waals surface area contributed by atoms with Gasteiger partial charge in [-0.1, -0.05) is 0 Å². The Kier molecular flexibility index (Phi) is 3.55. The highest BCUT2D eigenvalue weighted by atomic mass is 32.1. The van der Waals surface area contributed by atoms with E-state index in [0.717, 1.165) is 5.69 Å². The van der Waals surface area contributed by atoms with Crippen molar-refractivity contribution in [1.82, 2.24) is 9.88 Å². The number of aromatic carboxylic acids is 1. The van der Waals surface area contributed by atoms with Crippen LogP contribution in [0.25, 0.3) is 0 Å². The van der Waals surface area contributed by atoms with Crippen molar-refractivity contribution in [3.63, 3.8) is 0 Å². The van der Waals surface area contributed by atoms with E-state index in [4.69, 9.17) is 9.52 Å². The first kappa shape index (κ1) is 11.8. The van der Waals surface area contributed by atoms with E-state index in [0.29, 0.717) is 18.8 Å². The number of carbonyl (C=O) groups is 1. The summed E-state index contributed by atoms with van der Waals surface area (Å²) in [5, 5.41) is 10.7. The molecule has 0 fully saturated rings. The first-order chi connectivity index (χ1) is 8.15. The Morgan fingerprint density at radius 3 is 2.94 bits per heavy atom. The predicted molar refractivity (Wildman–Crippen MR) is 63.0 cm³/mol. The van der Waals surface area contributed by atoms with Crippen molar-refractivity contribution in [3.05, 3.63) is 40.2 Å². The summed E-state index contributed by atoms with van der Waals surface area (Å²) in [5.74, 6) is -0.430. The molecule has 2 rings (SSSR count). The molecule has 0 aliphatic carbocycles. The molecule has 0 saturated heterocycles. The van der Waals surface area contributed by atoms with E-state index >= 15 is 0 Å². The fourth-order valence-corrected chi connectivity index (χ4v) is 2.04. The van der Waals surface area contributed by atoms with Crippen LogP contribution in [0.5, 0.6) is 0 Å². The number of hydrogen-bond donors (Lipinski definition) is 1. The van der Waals surface area contributed by atoms with Crippen molar-refractivity contribution in [3.8, 4) is 0 Å². The van der Waals surface area contributed by atoms with Gasteiger partial charge >= 0.3 is 5.97 Å². The van der Waals surface area contributed by atoms with Gasteiger partial charge in [0, 0.05) is 11.9 Å². The maximum atomic E-state index is 10.6. The summed E-state index contributed by atoms with van der Waals surface area (Å²) in [6.07, 6.45) is 0. The van der Waals surface area contributed by atoms with Gasteiger partial charge in [-0.3, -0.25) is 4.90 Å². The average molecular weight is 252 g/mol. The summed E-state index contributed by atoms with van der Waals surface area (Å²) in [7, 11) is 1.93. The SMILES string of the molecule is CN(Cc1cscn1)Cc1ccc(C(=O)O)o1. The van der Waals surface area contributed by atoms with Gasteiger partial charge in [-0.05, 0) is 19.2 Å². The van der Waals surface area contributed by atoms with Crippen LogP contribution in [-0.4, -0.2) is 28.0 Å². The Balaban J connectivity index is 1.93. The normalized spacial score (nSPS) is 10.9. The minimum Gasteiger partial charge on any atom is -0.475 e. The van der Waals surface area contributed by atoms with Crippen molar-refractivity contribution in [2.24, 2.45) is 0 Å². The van der Waals surface area contributed by atoms with Crippen LogP contribution in [0, 0.1) is 0 Å². The lowest BCUT2D eigenvalue weighted by Gasteiger charge is -2.12. The summed E-state index contributed by atoms with van der Waals surface area (Å²) >= 11 is 1.56. The lowest BCUT2D eigenvalue weighted by molar-refractivity contribution is 0.0658. The van der Waals surface area contributed by atoms with Crippen LogP contribution in [0.1, 0.15) is 22.0 Å². The molecule has 0 atom stereocenters. The van der Waals surface area contributed by atoms with Crippen LogP contribution in [-0.2, 0) is 13.1 Å². The second kappa shape index (κ2) is 5.11. The van der Waals surface area contributed by atoms with Gasteiger partial charge < -0.3 is 9.52 Å². The number of nitrogens with zero attached hydrogens (tertiary/aromatic N) is 2. The second-order valence-electron chi connectivity index (χ2n) is 3.72. The van der Waals surface area contributed by atoms with Crippen LogP contribution < -0.4 is 0 Å². The summed E-state index contributed by atoms with van der Waals surface area (Å²) in [4.78, 5) is 16.8. The fraction of sp³-hybridized carbons (Fsp3) is 0.273. The Bertz CT molecular complexity index is 493. The van der Waals surface area contributed by atoms with E-state index in [1.54, 1.807) is 22.9 Å². The summed E-state index contributed by atoms with van der Waals surface area (Å²) in [6, 6.07) is 3.15. The van der Waals surface area contributed by atoms with Gasteiger partial charge in [-0.25, -0.2) is 9.78 Å². The molecule has 2 heterocycles. The maximum absolute atomic E-state index is 10.6. The molecule has 0 aliphatic heterocycles. The van der Waals surface area contributed by atoms with Gasteiger partial charge in [0.15, 0.2) is 0 Å². The zero-order valence-electron chi connectivity index (χ0n) is 9.29. The third kappa shape index (κ3) is 3.15. The van der Waals surface area contributed by atoms with Gasteiger partial charge in [-0.2, -0.15) is 0 Å². The van der Waals surface area contributed by atoms with E-state index < -0.39 is 5.97 Å². The maximum Gasteiger partial charge on any atom is 0.371 e. The zero-order chi connectivity index (χ0) is 12.3. The average Bonchev–Trinajstić information content (AvgIpc) is 2.88. The Labute approximate surface area is 102 Å². The topological polar surface area (TPSA) is 66.6 Å². The molecule has 0 radical (unpaired) electrons. The first-order valence-corrected chi connectivity index (χ1v) is 5.97. The van der Waals surface area contributed by atoms with Gasteiger partial charge in [-0.15, -0.1) is 11.3 Å². The van der Waals surface area contributed by atoms with Crippen LogP contribution in [0.2, 0.25) is 0 Å². The Morgan fingerprint density at radius 1 is 1.53 bits per heavy atom. The monoisotopic (exact) mass is 252 g/mol. The van der Waals surface area contributed by atoms with Gasteiger partial charge in [0.2, 0.25) is 5.76 Å². The molecule has 0 amide bonds. The van der Waals surface area contributed by atoms with Gasteiger partial charge in [0.1, 0.15) is 5.76 Å². The Morgan fingerprint density at radius 2 is 2.35 bits per heavy atom. The molecular weight excluding hydrogens is 240 g/mol. The van der Waals surface area contributed by atoms with Crippen LogP contribution in [0.15, 0.2) is 27.4 Å². The molecule has 0 aliphatic rings. The highest BCUT2D eigenvalue weighted by Crippen LogP contribution is 2.12. The second-order valence-corrected chi connectivity index (χ2v) is 4.44. The predicted octanol–water partition coefficient (Wildman–Crippen LogP) is 2.07. The summed E-state index contributed by atoms with van der Waals surface area (Å²) in [6.45, 7) is 1.28. The van der Waals surface area contributed by atoms with Crippen LogP contribution in [0.3, 0.4) is 0 Å². The molecule has 1 N–H and O–H groups in total. The highest BCUT2D eigenvalue weighted by molar-refractivity contribution is 7.07. The van der Waals surface area contributed by atoms with Crippen LogP contribution >= 0.6 is 11.3 Å². The fourth-order valence-electron chi connectivity index (χ4n) is 1.49. The number of aromatic nitrogens is 1. The first-order valence-electron chi connectivity index (χ1n) is 5.03. The molecule has 17 heavy (non-hydrogen) atoms. The molecule has 90 valence electrons. The van der Waals surface area contributed by atoms with E-state index in [2.05, 4.69) is 4.98 Å². The van der Waals surface area contributed by atoms with E-state index in [9.17, 15) is 4.79 Å². The van der Waals surface area contributed by atoms with Crippen molar-refractivity contribution in [2.45, 2.75) is 13.1 Å². The number of furan rings is 1. The molecule has 0 unspecified atom stereocenters. The minimum atomic E-state index is -1.04. The largest absolute Gasteiger partial charge is 0.475 e. The number of rotatable bonds is 5. The third-order valence-electron chi connectivity index (χ3n) is 2.21. The van der Waals surface area contributed by atoms with E-state index in [1.165, 1.54) is 6.07 Å². The van der Waals surface area contributed by atoms with Crippen molar-refractivity contribution in [1.29, 1.82) is 0 Å². The minimum absolute atomic E-state index is 0.0259. The molecule has 0 bridgehead atoms. The smallest absolute Gasteiger partial charge is 0.371 e. The molecule has 6 heteroatoms. The number of carboxylic acids is 1. The van der Waals surface area contributed by atoms with Crippen molar-refractivity contribution >= 4 is 17.3 Å². The van der Waals surface area contributed by atoms with Crippen LogP contribution in [0.4, 0.5) is 0 Å². The molecule has 5 nitrogen and oxygen atoms in total. The van der Waals surface area contributed by atoms with E-state index in [1.807, 2.05) is 17.3 Å². The number of carboxylic acid groups (broad SMARTS) is 1. The molecule has 0 saturated carbocycles. The van der Waals surface area contributed by atoms with Crippen molar-refractivity contribution < 1.29 is 14.3 Å². The summed E-state index contributed by atoms with van der Waals surface area (Å²) in [5.41, 5.74) is 2.79. The molecule has 2 aromatic heterocycles. The summed E-state index contributed by atoms with van der Waals surface area (Å²) < 4.78 is 5.18. The molecule has 0 aromatic carbocycles. The van der Waals surface area contributed by atoms with Gasteiger partial charge in [0.05, 0.1) is 17.7 Å². The lowest BCUT2D eigenvalue weighted by atomic mass is 10.4. The van der Waals surface area contributed by atoms with Crippen molar-refractivity contribution in [2.75, 3.05) is 7.05 Å². The standard InChI is InChI=1S/C11H12N2O3S/c1-13(4-8-6-17-7-12-8)5-9-2-3-10(16-9)11(14)15/h2-3,6-7H,4-5H2,1H3,(H,14,15). The number of hydrogen-bond acceptors (Lipinski definition) is 5. The Hall–Kier alpha value is -1.66. The lowest BCUT2D eigenvalue weighted by Crippen LogP contribution is -2.17. The zero-order valence-corrected chi connectivity index (χ0v) is 10.1.